The standard InChI is InChI=1S/C38H44F2N6O5/c1-38(2,3)51-35(48)9-8-34(47)46-14-12-45(13-15-46)29-5-6-30(33(23-29)41-28-10-16-50-17-11-28)37(49)42-36-31-21-24(4-7-32(31)43-44-36)18-25-19-26(39)22-27(40)20-25/h4-7,19-23,28,41H,8-18H2,1-3H3,(H2,42,43,44,49). The Morgan fingerprint density at radius 1 is 0.922 bits per heavy atom. The van der Waals surface area contributed by atoms with Gasteiger partial charge in [0, 0.05) is 74.7 Å². The summed E-state index contributed by atoms with van der Waals surface area (Å²) in [4.78, 5) is 42.8. The number of hydrogen-bond acceptors (Lipinski definition) is 8. The van der Waals surface area contributed by atoms with Crippen LogP contribution in [0.25, 0.3) is 10.9 Å². The molecule has 0 spiro atoms. The van der Waals surface area contributed by atoms with Gasteiger partial charge < -0.3 is 29.9 Å². The monoisotopic (exact) mass is 702 g/mol. The summed E-state index contributed by atoms with van der Waals surface area (Å²) in [7, 11) is 0. The largest absolute Gasteiger partial charge is 0.460 e. The SMILES string of the molecule is CC(C)(C)OC(=O)CCC(=O)N1CCN(c2ccc(C(=O)Nc3n[nH]c4ccc(Cc5cc(F)cc(F)c5)cc34)c(NC3CCOCC3)c2)CC1. The van der Waals surface area contributed by atoms with E-state index in [2.05, 4.69) is 25.7 Å². The van der Waals surface area contributed by atoms with E-state index >= 15 is 0 Å². The van der Waals surface area contributed by atoms with E-state index in [1.54, 1.807) is 31.7 Å². The summed E-state index contributed by atoms with van der Waals surface area (Å²) in [6.07, 6.45) is 2.07. The van der Waals surface area contributed by atoms with E-state index in [0.29, 0.717) is 79.3 Å². The van der Waals surface area contributed by atoms with Crippen LogP contribution >= 0.6 is 0 Å². The predicted octanol–water partition coefficient (Wildman–Crippen LogP) is 6.05. The maximum atomic E-state index is 13.9. The van der Waals surface area contributed by atoms with Crippen molar-refractivity contribution in [3.05, 3.63) is 82.9 Å². The smallest absolute Gasteiger partial charge is 0.306 e. The molecule has 1 aromatic heterocycles. The number of ether oxygens (including phenoxy) is 2. The Morgan fingerprint density at radius 3 is 2.35 bits per heavy atom. The van der Waals surface area contributed by atoms with Gasteiger partial charge in [-0.2, -0.15) is 5.10 Å². The summed E-state index contributed by atoms with van der Waals surface area (Å²) in [5.41, 5.74) is 3.47. The van der Waals surface area contributed by atoms with Crippen molar-refractivity contribution in [2.75, 3.05) is 54.9 Å². The molecule has 3 heterocycles. The fraction of sp³-hybridized carbons (Fsp3) is 0.421. The Hall–Kier alpha value is -5.04. The molecule has 2 aliphatic heterocycles. The zero-order chi connectivity index (χ0) is 36.1. The number of halogens is 2. The lowest BCUT2D eigenvalue weighted by molar-refractivity contribution is -0.156. The Balaban J connectivity index is 1.15. The summed E-state index contributed by atoms with van der Waals surface area (Å²) in [5, 5.41) is 14.5. The topological polar surface area (TPSA) is 129 Å². The minimum absolute atomic E-state index is 0.0481. The normalized spacial score (nSPS) is 15.5. The Bertz CT molecular complexity index is 1870. The van der Waals surface area contributed by atoms with Gasteiger partial charge in [0.1, 0.15) is 17.2 Å². The molecular formula is C38H44F2N6O5. The van der Waals surface area contributed by atoms with Crippen LogP contribution in [0.1, 0.15) is 67.9 Å². The molecule has 2 saturated heterocycles. The highest BCUT2D eigenvalue weighted by molar-refractivity contribution is 6.11. The third kappa shape index (κ3) is 9.40. The van der Waals surface area contributed by atoms with Crippen LogP contribution in [0, 0.1) is 11.6 Å². The van der Waals surface area contributed by atoms with Gasteiger partial charge in [0.05, 0.1) is 17.5 Å². The summed E-state index contributed by atoms with van der Waals surface area (Å²) in [6.45, 7) is 8.90. The number of nitrogens with one attached hydrogen (secondary N) is 3. The molecule has 2 aliphatic rings. The van der Waals surface area contributed by atoms with Crippen LogP contribution < -0.4 is 15.5 Å². The van der Waals surface area contributed by atoms with Crippen molar-refractivity contribution in [3.63, 3.8) is 0 Å². The quantitative estimate of drug-likeness (QED) is 0.171. The maximum Gasteiger partial charge on any atom is 0.306 e. The number of aromatic amines is 1. The van der Waals surface area contributed by atoms with E-state index in [1.807, 2.05) is 30.3 Å². The molecule has 3 N–H and O–H groups in total. The van der Waals surface area contributed by atoms with Gasteiger partial charge in [0.15, 0.2) is 5.82 Å². The second-order valence-corrected chi connectivity index (χ2v) is 14.1. The Labute approximate surface area is 295 Å². The number of aromatic nitrogens is 2. The molecule has 0 atom stereocenters. The van der Waals surface area contributed by atoms with Crippen molar-refractivity contribution < 1.29 is 32.6 Å². The number of rotatable bonds is 10. The first-order valence-corrected chi connectivity index (χ1v) is 17.4. The summed E-state index contributed by atoms with van der Waals surface area (Å²) >= 11 is 0. The highest BCUT2D eigenvalue weighted by atomic mass is 19.1. The third-order valence-corrected chi connectivity index (χ3v) is 8.98. The number of amides is 2. The number of anilines is 3. The highest BCUT2D eigenvalue weighted by Crippen LogP contribution is 2.30. The fourth-order valence-electron chi connectivity index (χ4n) is 6.47. The third-order valence-electron chi connectivity index (χ3n) is 8.98. The average Bonchev–Trinajstić information content (AvgIpc) is 3.48. The second-order valence-electron chi connectivity index (χ2n) is 14.1. The van der Waals surface area contributed by atoms with Crippen molar-refractivity contribution in [2.24, 2.45) is 0 Å². The van der Waals surface area contributed by atoms with Crippen LogP contribution in [0.2, 0.25) is 0 Å². The van der Waals surface area contributed by atoms with Gasteiger partial charge in [-0.25, -0.2) is 8.78 Å². The number of hydrogen-bond donors (Lipinski definition) is 3. The molecule has 270 valence electrons. The first kappa shape index (κ1) is 35.8. The van der Waals surface area contributed by atoms with Crippen molar-refractivity contribution in [3.8, 4) is 0 Å². The predicted molar refractivity (Wildman–Crippen MR) is 191 cm³/mol. The number of carbonyl (C=O) groups is 3. The van der Waals surface area contributed by atoms with Crippen LogP contribution in [-0.2, 0) is 25.5 Å². The minimum atomic E-state index is -0.636. The molecule has 11 nitrogen and oxygen atoms in total. The van der Waals surface area contributed by atoms with E-state index < -0.39 is 17.2 Å². The molecule has 13 heteroatoms. The molecule has 6 rings (SSSR count). The maximum absolute atomic E-state index is 13.9. The fourth-order valence-corrected chi connectivity index (χ4v) is 6.47. The van der Waals surface area contributed by atoms with Gasteiger partial charge in [-0.1, -0.05) is 6.07 Å². The van der Waals surface area contributed by atoms with Gasteiger partial charge in [-0.3, -0.25) is 19.5 Å². The molecule has 2 fully saturated rings. The molecule has 0 saturated carbocycles. The molecule has 0 unspecified atom stereocenters. The number of H-pyrrole nitrogens is 1. The zero-order valence-electron chi connectivity index (χ0n) is 29.2. The van der Waals surface area contributed by atoms with Gasteiger partial charge in [0.2, 0.25) is 5.91 Å². The minimum Gasteiger partial charge on any atom is -0.460 e. The Morgan fingerprint density at radius 2 is 1.65 bits per heavy atom. The second kappa shape index (κ2) is 15.5. The number of fused-ring (bicyclic) bond motifs is 1. The van der Waals surface area contributed by atoms with E-state index in [-0.39, 0.29) is 36.7 Å². The molecule has 4 aromatic rings. The molecule has 0 aliphatic carbocycles. The molecule has 2 amide bonds. The van der Waals surface area contributed by atoms with E-state index in [9.17, 15) is 23.2 Å². The number of benzene rings is 3. The number of carbonyl (C=O) groups excluding carboxylic acids is 3. The summed E-state index contributed by atoms with van der Waals surface area (Å²) in [5.74, 6) is -1.73. The lowest BCUT2D eigenvalue weighted by Gasteiger charge is -2.36. The zero-order valence-corrected chi connectivity index (χ0v) is 29.2. The van der Waals surface area contributed by atoms with Gasteiger partial charge >= 0.3 is 5.97 Å². The molecule has 0 bridgehead atoms. The van der Waals surface area contributed by atoms with Gasteiger partial charge in [-0.05, 0) is 93.6 Å². The molecule has 51 heavy (non-hydrogen) atoms. The van der Waals surface area contributed by atoms with Crippen molar-refractivity contribution >= 4 is 45.9 Å². The Kier molecular flexibility index (Phi) is 10.8. The molecular weight excluding hydrogens is 658 g/mol. The van der Waals surface area contributed by atoms with E-state index in [4.69, 9.17) is 9.47 Å². The molecule has 0 radical (unpaired) electrons. The van der Waals surface area contributed by atoms with Crippen molar-refractivity contribution in [1.29, 1.82) is 0 Å². The number of nitrogens with zero attached hydrogens (tertiary/aromatic N) is 3. The summed E-state index contributed by atoms with van der Waals surface area (Å²) < 4.78 is 38.5. The van der Waals surface area contributed by atoms with Crippen molar-refractivity contribution in [1.82, 2.24) is 15.1 Å². The van der Waals surface area contributed by atoms with Crippen LogP contribution in [0.5, 0.6) is 0 Å². The van der Waals surface area contributed by atoms with E-state index in [1.165, 1.54) is 12.1 Å². The van der Waals surface area contributed by atoms with Crippen molar-refractivity contribution in [2.45, 2.75) is 64.5 Å². The first-order chi connectivity index (χ1) is 24.4. The number of esters is 1. The highest BCUT2D eigenvalue weighted by Gasteiger charge is 2.25. The van der Waals surface area contributed by atoms with Crippen LogP contribution in [0.3, 0.4) is 0 Å². The van der Waals surface area contributed by atoms with Crippen LogP contribution in [0.4, 0.5) is 26.0 Å². The lowest BCUT2D eigenvalue weighted by Crippen LogP contribution is -2.49. The molecule has 3 aromatic carbocycles. The first-order valence-electron chi connectivity index (χ1n) is 17.4. The van der Waals surface area contributed by atoms with Crippen LogP contribution in [0.15, 0.2) is 54.6 Å². The van der Waals surface area contributed by atoms with E-state index in [0.717, 1.165) is 30.2 Å². The van der Waals surface area contributed by atoms with Gasteiger partial charge in [-0.15, -0.1) is 0 Å². The lowest BCUT2D eigenvalue weighted by atomic mass is 10.0. The number of piperazine rings is 1. The summed E-state index contributed by atoms with van der Waals surface area (Å²) in [6, 6.07) is 14.8. The van der Waals surface area contributed by atoms with Gasteiger partial charge in [0.25, 0.3) is 5.91 Å². The van der Waals surface area contributed by atoms with Crippen LogP contribution in [-0.4, -0.2) is 83.9 Å². The average molecular weight is 703 g/mol.